The van der Waals surface area contributed by atoms with Crippen LogP contribution in [0.15, 0.2) is 9.98 Å². The summed E-state index contributed by atoms with van der Waals surface area (Å²) in [5, 5.41) is 23.0. The monoisotopic (exact) mass is 559 g/mol. The van der Waals surface area contributed by atoms with E-state index in [9.17, 15) is 10.2 Å². The van der Waals surface area contributed by atoms with Gasteiger partial charge in [-0.3, -0.25) is 9.98 Å². The second kappa shape index (κ2) is 12.5. The summed E-state index contributed by atoms with van der Waals surface area (Å²) in [6, 6.07) is 0.357. The summed E-state index contributed by atoms with van der Waals surface area (Å²) < 4.78 is 0. The van der Waals surface area contributed by atoms with Crippen molar-refractivity contribution in [3.63, 3.8) is 0 Å². The molecule has 4 heteroatoms. The molecule has 3 aliphatic carbocycles. The molecule has 0 spiro atoms. The molecule has 0 radical (unpaired) electrons. The van der Waals surface area contributed by atoms with Crippen molar-refractivity contribution in [1.82, 2.24) is 0 Å². The Morgan fingerprint density at radius 3 is 1.10 bits per heavy atom. The van der Waals surface area contributed by atoms with Crippen LogP contribution in [-0.2, 0) is 0 Å². The molecule has 0 aromatic rings. The van der Waals surface area contributed by atoms with Crippen LogP contribution in [0.4, 0.5) is 0 Å². The summed E-state index contributed by atoms with van der Waals surface area (Å²) in [6.45, 7) is 27.8. The van der Waals surface area contributed by atoms with Crippen molar-refractivity contribution in [2.45, 2.75) is 159 Å². The van der Waals surface area contributed by atoms with E-state index in [0.717, 1.165) is 38.5 Å². The fraction of sp³-hybridized carbons (Fsp3) is 0.944. The minimum Gasteiger partial charge on any atom is -0.392 e. The van der Waals surface area contributed by atoms with Crippen molar-refractivity contribution in [1.29, 1.82) is 0 Å². The molecule has 3 saturated carbocycles. The Morgan fingerprint density at radius 1 is 0.500 bits per heavy atom. The van der Waals surface area contributed by atoms with Gasteiger partial charge >= 0.3 is 0 Å². The van der Waals surface area contributed by atoms with Gasteiger partial charge in [-0.05, 0) is 83.9 Å². The Kier molecular flexibility index (Phi) is 10.5. The highest BCUT2D eigenvalue weighted by atomic mass is 16.3. The smallest absolute Gasteiger partial charge is 0.0719 e. The number of rotatable bonds is 4. The van der Waals surface area contributed by atoms with Crippen LogP contribution in [0, 0.1) is 57.2 Å². The molecule has 40 heavy (non-hydrogen) atoms. The van der Waals surface area contributed by atoms with Gasteiger partial charge in [0, 0.05) is 24.3 Å². The highest BCUT2D eigenvalue weighted by Crippen LogP contribution is 2.49. The third-order valence-electron chi connectivity index (χ3n) is 11.2. The predicted molar refractivity (Wildman–Crippen MR) is 172 cm³/mol. The number of hydrogen-bond donors (Lipinski definition) is 2. The van der Waals surface area contributed by atoms with E-state index in [1.807, 2.05) is 0 Å². The van der Waals surface area contributed by atoms with Crippen molar-refractivity contribution < 1.29 is 10.2 Å². The molecular formula is C36H66N2O2. The lowest BCUT2D eigenvalue weighted by atomic mass is 9.59. The highest BCUT2D eigenvalue weighted by molar-refractivity contribution is 5.64. The first-order chi connectivity index (χ1) is 18.2. The average molecular weight is 559 g/mol. The van der Waals surface area contributed by atoms with Gasteiger partial charge in [-0.25, -0.2) is 0 Å². The SMILES string of the molecule is CC(C)(C)C1CC(C=NC2CCCCC2N=CC2CC(C(C)(C)C)CC(C(C)(C)C)C2O)C(O)C(C(C)(C)C)C1. The van der Waals surface area contributed by atoms with Crippen molar-refractivity contribution in [3.8, 4) is 0 Å². The average Bonchev–Trinajstić information content (AvgIpc) is 2.80. The maximum atomic E-state index is 11.5. The lowest BCUT2D eigenvalue weighted by molar-refractivity contribution is -0.0475. The zero-order valence-electron chi connectivity index (χ0n) is 28.4. The molecule has 3 fully saturated rings. The third-order valence-corrected chi connectivity index (χ3v) is 11.2. The second-order valence-electron chi connectivity index (χ2n) is 18.3. The molecule has 0 heterocycles. The van der Waals surface area contributed by atoms with E-state index in [2.05, 4.69) is 95.5 Å². The Labute approximate surface area is 248 Å². The molecule has 232 valence electrons. The van der Waals surface area contributed by atoms with Gasteiger partial charge in [0.15, 0.2) is 0 Å². The lowest BCUT2D eigenvalue weighted by Gasteiger charge is -2.48. The Bertz CT molecular complexity index is 793. The summed E-state index contributed by atoms with van der Waals surface area (Å²) in [6.07, 6.45) is 12.3. The first-order valence-corrected chi connectivity index (χ1v) is 16.6. The summed E-state index contributed by atoms with van der Waals surface area (Å²) >= 11 is 0. The van der Waals surface area contributed by atoms with E-state index in [-0.39, 0.29) is 69.6 Å². The highest BCUT2D eigenvalue weighted by Gasteiger charge is 2.46. The van der Waals surface area contributed by atoms with Crippen LogP contribution >= 0.6 is 0 Å². The number of aliphatic hydroxyl groups is 2. The van der Waals surface area contributed by atoms with Gasteiger partial charge < -0.3 is 10.2 Å². The molecule has 3 rings (SSSR count). The zero-order valence-corrected chi connectivity index (χ0v) is 28.4. The fourth-order valence-electron chi connectivity index (χ4n) is 7.94. The fourth-order valence-corrected chi connectivity index (χ4v) is 7.94. The molecule has 0 bridgehead atoms. The predicted octanol–water partition coefficient (Wildman–Crippen LogP) is 8.63. The van der Waals surface area contributed by atoms with Crippen LogP contribution in [0.5, 0.6) is 0 Å². The van der Waals surface area contributed by atoms with Gasteiger partial charge in [0.1, 0.15) is 0 Å². The first kappa shape index (κ1) is 33.8. The van der Waals surface area contributed by atoms with E-state index < -0.39 is 0 Å². The van der Waals surface area contributed by atoms with Crippen molar-refractivity contribution in [2.24, 2.45) is 67.2 Å². The van der Waals surface area contributed by atoms with Crippen LogP contribution in [0.2, 0.25) is 0 Å². The molecular weight excluding hydrogens is 492 g/mol. The van der Waals surface area contributed by atoms with Crippen LogP contribution in [0.3, 0.4) is 0 Å². The standard InChI is InChI=1S/C36H66N2O2/c1-33(2,3)25-17-23(31(39)27(19-25)35(7,8)9)21-37-29-15-13-14-16-30(29)38-22-24-18-26(34(4,5)6)20-28(32(24)40)36(10,11)12/h21-32,39-40H,13-20H2,1-12H3. The zero-order chi connectivity index (χ0) is 30.3. The molecule has 0 aromatic heterocycles. The maximum absolute atomic E-state index is 11.5. The summed E-state index contributed by atoms with van der Waals surface area (Å²) in [5.74, 6) is 1.93. The number of aliphatic hydroxyl groups excluding tert-OH is 2. The normalized spacial score (nSPS) is 39.2. The summed E-state index contributed by atoms with van der Waals surface area (Å²) in [4.78, 5) is 10.4. The van der Waals surface area contributed by atoms with Crippen molar-refractivity contribution >= 4 is 12.4 Å². The molecule has 3 aliphatic rings. The number of hydrogen-bond acceptors (Lipinski definition) is 4. The van der Waals surface area contributed by atoms with Gasteiger partial charge in [0.2, 0.25) is 0 Å². The first-order valence-electron chi connectivity index (χ1n) is 16.6. The van der Waals surface area contributed by atoms with E-state index in [1.54, 1.807) is 0 Å². The van der Waals surface area contributed by atoms with Gasteiger partial charge in [0.05, 0.1) is 24.3 Å². The van der Waals surface area contributed by atoms with Crippen molar-refractivity contribution in [3.05, 3.63) is 0 Å². The van der Waals surface area contributed by atoms with Gasteiger partial charge in [-0.15, -0.1) is 0 Å². The summed E-state index contributed by atoms with van der Waals surface area (Å²) in [5.41, 5.74) is 0.599. The molecule has 4 nitrogen and oxygen atoms in total. The maximum Gasteiger partial charge on any atom is 0.0719 e. The topological polar surface area (TPSA) is 65.2 Å². The van der Waals surface area contributed by atoms with E-state index in [1.165, 1.54) is 12.8 Å². The van der Waals surface area contributed by atoms with Gasteiger partial charge in [0.25, 0.3) is 0 Å². The minimum absolute atomic E-state index is 0.0732. The largest absolute Gasteiger partial charge is 0.392 e. The Balaban J connectivity index is 1.79. The third kappa shape index (κ3) is 8.42. The van der Waals surface area contributed by atoms with E-state index >= 15 is 0 Å². The molecule has 2 N–H and O–H groups in total. The van der Waals surface area contributed by atoms with Gasteiger partial charge in [-0.2, -0.15) is 0 Å². The molecule has 0 aromatic carbocycles. The van der Waals surface area contributed by atoms with Crippen LogP contribution in [0.1, 0.15) is 134 Å². The molecule has 10 unspecified atom stereocenters. The molecule has 10 atom stereocenters. The van der Waals surface area contributed by atoms with Crippen LogP contribution < -0.4 is 0 Å². The Morgan fingerprint density at radius 2 is 0.825 bits per heavy atom. The van der Waals surface area contributed by atoms with E-state index in [4.69, 9.17) is 9.98 Å². The number of aliphatic imine (C=N–C) groups is 2. The van der Waals surface area contributed by atoms with Crippen LogP contribution in [-0.4, -0.2) is 46.9 Å². The molecule has 0 amide bonds. The number of nitrogens with zero attached hydrogens (tertiary/aromatic N) is 2. The van der Waals surface area contributed by atoms with Crippen molar-refractivity contribution in [2.75, 3.05) is 0 Å². The quantitative estimate of drug-likeness (QED) is 0.339. The van der Waals surface area contributed by atoms with E-state index in [0.29, 0.717) is 11.8 Å². The Hall–Kier alpha value is -0.740. The molecule has 0 aliphatic heterocycles. The van der Waals surface area contributed by atoms with Crippen LogP contribution in [0.25, 0.3) is 0 Å². The second-order valence-corrected chi connectivity index (χ2v) is 18.3. The lowest BCUT2D eigenvalue weighted by Crippen LogP contribution is -2.47. The van der Waals surface area contributed by atoms with Gasteiger partial charge in [-0.1, -0.05) is 95.9 Å². The minimum atomic E-state index is -0.339. The molecule has 0 saturated heterocycles. The summed E-state index contributed by atoms with van der Waals surface area (Å²) in [7, 11) is 0.